The normalized spacial score (nSPS) is 45.6. The maximum absolute atomic E-state index is 6.68. The van der Waals surface area contributed by atoms with Crippen molar-refractivity contribution in [1.82, 2.24) is 0 Å². The van der Waals surface area contributed by atoms with Gasteiger partial charge in [-0.05, 0) is 56.3 Å². The Morgan fingerprint density at radius 1 is 1.00 bits per heavy atom. The van der Waals surface area contributed by atoms with E-state index in [4.69, 9.17) is 5.73 Å². The van der Waals surface area contributed by atoms with Gasteiger partial charge in [0.15, 0.2) is 0 Å². The van der Waals surface area contributed by atoms with E-state index in [0.717, 1.165) is 17.8 Å². The summed E-state index contributed by atoms with van der Waals surface area (Å²) in [5, 5.41) is 0. The Hall–Kier alpha value is -0.0400. The second-order valence-electron chi connectivity index (χ2n) is 6.54. The Labute approximate surface area is 101 Å². The van der Waals surface area contributed by atoms with E-state index >= 15 is 0 Å². The van der Waals surface area contributed by atoms with Crippen molar-refractivity contribution < 1.29 is 0 Å². The second kappa shape index (κ2) is 5.08. The summed E-state index contributed by atoms with van der Waals surface area (Å²) < 4.78 is 0. The summed E-state index contributed by atoms with van der Waals surface area (Å²) in [7, 11) is 0. The van der Waals surface area contributed by atoms with E-state index in [1.165, 1.54) is 57.8 Å². The summed E-state index contributed by atoms with van der Waals surface area (Å²) in [4.78, 5) is 0. The highest BCUT2D eigenvalue weighted by Crippen LogP contribution is 2.43. The minimum atomic E-state index is 0.214. The van der Waals surface area contributed by atoms with Gasteiger partial charge in [-0.2, -0.15) is 0 Å². The fraction of sp³-hybridized carbons (Fsp3) is 1.00. The average molecular weight is 223 g/mol. The molecule has 0 aliphatic heterocycles. The molecule has 2 rings (SSSR count). The molecule has 0 radical (unpaired) electrons. The Morgan fingerprint density at radius 3 is 2.06 bits per heavy atom. The van der Waals surface area contributed by atoms with E-state index in [-0.39, 0.29) is 5.54 Å². The Balaban J connectivity index is 1.88. The van der Waals surface area contributed by atoms with Crippen LogP contribution in [0.2, 0.25) is 0 Å². The van der Waals surface area contributed by atoms with E-state index in [0.29, 0.717) is 0 Å². The minimum absolute atomic E-state index is 0.214. The molecule has 2 aliphatic carbocycles. The first-order valence-electron chi connectivity index (χ1n) is 7.43. The predicted molar refractivity (Wildman–Crippen MR) is 70.3 cm³/mol. The molecule has 0 aromatic carbocycles. The first-order chi connectivity index (χ1) is 7.64. The van der Waals surface area contributed by atoms with Crippen molar-refractivity contribution in [3.05, 3.63) is 0 Å². The third kappa shape index (κ3) is 2.61. The first-order valence-corrected chi connectivity index (χ1v) is 7.43. The van der Waals surface area contributed by atoms with Crippen LogP contribution in [0.1, 0.15) is 71.6 Å². The third-order valence-corrected chi connectivity index (χ3v) is 5.44. The van der Waals surface area contributed by atoms with Gasteiger partial charge >= 0.3 is 0 Å². The summed E-state index contributed by atoms with van der Waals surface area (Å²) in [6.45, 7) is 4.72. The van der Waals surface area contributed by atoms with Gasteiger partial charge in [0, 0.05) is 5.54 Å². The molecule has 1 nitrogen and oxygen atoms in total. The van der Waals surface area contributed by atoms with E-state index in [1.54, 1.807) is 0 Å². The molecule has 0 saturated heterocycles. The smallest absolute Gasteiger partial charge is 0.0183 e. The lowest BCUT2D eigenvalue weighted by molar-refractivity contribution is 0.116. The molecule has 0 aromatic heterocycles. The van der Waals surface area contributed by atoms with Gasteiger partial charge in [0.1, 0.15) is 0 Å². The molecule has 0 bridgehead atoms. The molecule has 2 aliphatic rings. The highest BCUT2D eigenvalue weighted by Gasteiger charge is 2.38. The lowest BCUT2D eigenvalue weighted by atomic mass is 9.65. The van der Waals surface area contributed by atoms with Crippen molar-refractivity contribution in [1.29, 1.82) is 0 Å². The van der Waals surface area contributed by atoms with Crippen LogP contribution in [-0.2, 0) is 0 Å². The molecule has 0 amide bonds. The molecule has 0 spiro atoms. The largest absolute Gasteiger partial charge is 0.325 e. The van der Waals surface area contributed by atoms with Gasteiger partial charge in [-0.1, -0.05) is 33.1 Å². The maximum Gasteiger partial charge on any atom is 0.0183 e. The molecular weight excluding hydrogens is 194 g/mol. The molecule has 0 unspecified atom stereocenters. The highest BCUT2D eigenvalue weighted by atomic mass is 14.8. The van der Waals surface area contributed by atoms with Crippen LogP contribution in [0.4, 0.5) is 0 Å². The molecule has 1 heteroatoms. The van der Waals surface area contributed by atoms with E-state index in [2.05, 4.69) is 13.8 Å². The highest BCUT2D eigenvalue weighted by molar-refractivity contribution is 4.96. The van der Waals surface area contributed by atoms with Crippen molar-refractivity contribution in [3.63, 3.8) is 0 Å². The van der Waals surface area contributed by atoms with Gasteiger partial charge in [0.25, 0.3) is 0 Å². The zero-order valence-corrected chi connectivity index (χ0v) is 11.2. The number of rotatable bonds is 2. The molecule has 0 aromatic rings. The second-order valence-corrected chi connectivity index (χ2v) is 6.54. The Morgan fingerprint density at radius 2 is 1.56 bits per heavy atom. The van der Waals surface area contributed by atoms with E-state index < -0.39 is 0 Å². The molecule has 94 valence electrons. The first kappa shape index (κ1) is 12.4. The van der Waals surface area contributed by atoms with Gasteiger partial charge in [0.05, 0.1) is 0 Å². The van der Waals surface area contributed by atoms with Crippen LogP contribution < -0.4 is 5.73 Å². The molecule has 2 fully saturated rings. The summed E-state index contributed by atoms with van der Waals surface area (Å²) >= 11 is 0. The van der Waals surface area contributed by atoms with Crippen molar-refractivity contribution in [2.45, 2.75) is 77.2 Å². The summed E-state index contributed by atoms with van der Waals surface area (Å²) in [5.41, 5.74) is 6.90. The van der Waals surface area contributed by atoms with Gasteiger partial charge < -0.3 is 5.73 Å². The van der Waals surface area contributed by atoms with Crippen LogP contribution in [0.25, 0.3) is 0 Å². The standard InChI is InChI=1S/C15H29N/c1-3-13-4-6-14(7-5-13)15(16)10-8-12(2)9-11-15/h12-14H,3-11,16H2,1-2H3. The van der Waals surface area contributed by atoms with E-state index in [1.807, 2.05) is 0 Å². The fourth-order valence-corrected chi connectivity index (χ4v) is 3.85. The minimum Gasteiger partial charge on any atom is -0.325 e. The van der Waals surface area contributed by atoms with E-state index in [9.17, 15) is 0 Å². The van der Waals surface area contributed by atoms with Crippen LogP contribution in [0.5, 0.6) is 0 Å². The quantitative estimate of drug-likeness (QED) is 0.749. The Bertz CT molecular complexity index is 207. The predicted octanol–water partition coefficient (Wildman–Crippen LogP) is 4.11. The Kier molecular flexibility index (Phi) is 3.94. The van der Waals surface area contributed by atoms with Crippen molar-refractivity contribution >= 4 is 0 Å². The average Bonchev–Trinajstić information content (AvgIpc) is 2.33. The lowest BCUT2D eigenvalue weighted by Gasteiger charge is -2.45. The monoisotopic (exact) mass is 223 g/mol. The van der Waals surface area contributed by atoms with Crippen LogP contribution in [0, 0.1) is 17.8 Å². The summed E-state index contributed by atoms with van der Waals surface area (Å²) in [6.07, 6.45) is 12.4. The topological polar surface area (TPSA) is 26.0 Å². The van der Waals surface area contributed by atoms with Crippen LogP contribution in [0.3, 0.4) is 0 Å². The number of hydrogen-bond donors (Lipinski definition) is 1. The van der Waals surface area contributed by atoms with Crippen LogP contribution in [-0.4, -0.2) is 5.54 Å². The molecule has 0 heterocycles. The van der Waals surface area contributed by atoms with Gasteiger partial charge in [-0.25, -0.2) is 0 Å². The third-order valence-electron chi connectivity index (χ3n) is 5.44. The van der Waals surface area contributed by atoms with Gasteiger partial charge in [-0.3, -0.25) is 0 Å². The zero-order chi connectivity index (χ0) is 11.6. The number of hydrogen-bond acceptors (Lipinski definition) is 1. The van der Waals surface area contributed by atoms with Crippen LogP contribution in [0.15, 0.2) is 0 Å². The molecule has 2 N–H and O–H groups in total. The van der Waals surface area contributed by atoms with Crippen molar-refractivity contribution in [2.24, 2.45) is 23.5 Å². The zero-order valence-electron chi connectivity index (χ0n) is 11.2. The van der Waals surface area contributed by atoms with Gasteiger partial charge in [-0.15, -0.1) is 0 Å². The van der Waals surface area contributed by atoms with Gasteiger partial charge in [0.2, 0.25) is 0 Å². The summed E-state index contributed by atoms with van der Waals surface area (Å²) in [5.74, 6) is 2.76. The SMILES string of the molecule is CCC1CCC(C2(N)CCC(C)CC2)CC1. The lowest BCUT2D eigenvalue weighted by Crippen LogP contribution is -2.50. The number of nitrogens with two attached hydrogens (primary N) is 1. The molecular formula is C15H29N. The van der Waals surface area contributed by atoms with Crippen molar-refractivity contribution in [2.75, 3.05) is 0 Å². The maximum atomic E-state index is 6.68. The molecule has 16 heavy (non-hydrogen) atoms. The van der Waals surface area contributed by atoms with Crippen LogP contribution >= 0.6 is 0 Å². The molecule has 2 saturated carbocycles. The molecule has 0 atom stereocenters. The fourth-order valence-electron chi connectivity index (χ4n) is 3.85. The van der Waals surface area contributed by atoms with Crippen molar-refractivity contribution in [3.8, 4) is 0 Å². The summed E-state index contributed by atoms with van der Waals surface area (Å²) in [6, 6.07) is 0.